The van der Waals surface area contributed by atoms with E-state index in [9.17, 15) is 14.0 Å². The Morgan fingerprint density at radius 3 is 2.21 bits per heavy atom. The lowest BCUT2D eigenvalue weighted by atomic mass is 10.2. The first kappa shape index (κ1) is 18.2. The van der Waals surface area contributed by atoms with Gasteiger partial charge >= 0.3 is 0 Å². The lowest BCUT2D eigenvalue weighted by Crippen LogP contribution is -2.52. The van der Waals surface area contributed by atoms with Crippen LogP contribution in [0, 0.1) is 11.7 Å². The average molecular weight is 335 g/mol. The number of halogens is 1. The maximum atomic E-state index is 13.0. The van der Waals surface area contributed by atoms with E-state index in [1.807, 2.05) is 13.8 Å². The molecule has 1 aliphatic rings. The number of benzene rings is 1. The van der Waals surface area contributed by atoms with Gasteiger partial charge in [0, 0.05) is 45.3 Å². The van der Waals surface area contributed by atoms with Gasteiger partial charge in [-0.05, 0) is 30.2 Å². The molecule has 0 unspecified atom stereocenters. The Hall–Kier alpha value is -2.11. The molecular formula is C18H26FN3O2. The number of amides is 2. The Morgan fingerprint density at radius 1 is 1.12 bits per heavy atom. The first-order valence-electron chi connectivity index (χ1n) is 8.40. The largest absolute Gasteiger partial charge is 0.368 e. The molecule has 24 heavy (non-hydrogen) atoms. The Balaban J connectivity index is 1.87. The van der Waals surface area contributed by atoms with Crippen molar-refractivity contribution in [1.82, 2.24) is 9.80 Å². The van der Waals surface area contributed by atoms with Crippen LogP contribution in [0.4, 0.5) is 10.1 Å². The van der Waals surface area contributed by atoms with E-state index < -0.39 is 0 Å². The topological polar surface area (TPSA) is 43.9 Å². The van der Waals surface area contributed by atoms with Crippen molar-refractivity contribution in [2.24, 2.45) is 5.92 Å². The first-order valence-corrected chi connectivity index (χ1v) is 8.40. The van der Waals surface area contributed by atoms with Crippen LogP contribution in [-0.2, 0) is 9.59 Å². The van der Waals surface area contributed by atoms with Crippen LogP contribution < -0.4 is 4.90 Å². The number of hydrogen-bond acceptors (Lipinski definition) is 3. The van der Waals surface area contributed by atoms with Gasteiger partial charge in [0.2, 0.25) is 11.8 Å². The number of carbonyl (C=O) groups excluding carboxylic acids is 2. The van der Waals surface area contributed by atoms with Gasteiger partial charge in [-0.3, -0.25) is 9.59 Å². The Bertz CT molecular complexity index is 566. The number of anilines is 1. The quantitative estimate of drug-likeness (QED) is 0.826. The summed E-state index contributed by atoms with van der Waals surface area (Å²) >= 11 is 0. The summed E-state index contributed by atoms with van der Waals surface area (Å²) in [5.74, 6) is 0.00525. The summed E-state index contributed by atoms with van der Waals surface area (Å²) < 4.78 is 13.0. The van der Waals surface area contributed by atoms with Gasteiger partial charge in [-0.1, -0.05) is 13.8 Å². The van der Waals surface area contributed by atoms with Gasteiger partial charge in [-0.2, -0.15) is 0 Å². The third-order valence-electron chi connectivity index (χ3n) is 4.18. The molecule has 0 saturated carbocycles. The van der Waals surface area contributed by atoms with E-state index in [-0.39, 0.29) is 24.2 Å². The number of piperazine rings is 1. The maximum absolute atomic E-state index is 13.0. The zero-order valence-electron chi connectivity index (χ0n) is 14.7. The van der Waals surface area contributed by atoms with Crippen molar-refractivity contribution in [3.63, 3.8) is 0 Å². The highest BCUT2D eigenvalue weighted by atomic mass is 19.1. The van der Waals surface area contributed by atoms with E-state index in [0.717, 1.165) is 5.69 Å². The molecule has 0 spiro atoms. The summed E-state index contributed by atoms with van der Waals surface area (Å²) in [4.78, 5) is 29.7. The monoisotopic (exact) mass is 335 g/mol. The van der Waals surface area contributed by atoms with Gasteiger partial charge in [0.25, 0.3) is 0 Å². The SMILES string of the molecule is CC(=O)N(CC(=O)N1CCN(c2ccc(F)cc2)CC1)CC(C)C. The molecule has 1 heterocycles. The molecule has 0 atom stereocenters. The summed E-state index contributed by atoms with van der Waals surface area (Å²) in [6.45, 7) is 8.95. The first-order chi connectivity index (χ1) is 11.4. The normalized spacial score (nSPS) is 14.9. The highest BCUT2D eigenvalue weighted by Gasteiger charge is 2.24. The Labute approximate surface area is 143 Å². The molecule has 2 amide bonds. The molecule has 6 heteroatoms. The number of carbonyl (C=O) groups is 2. The minimum absolute atomic E-state index is 0.00962. The average Bonchev–Trinajstić information content (AvgIpc) is 2.54. The van der Waals surface area contributed by atoms with Crippen LogP contribution >= 0.6 is 0 Å². The Morgan fingerprint density at radius 2 is 1.71 bits per heavy atom. The second-order valence-electron chi connectivity index (χ2n) is 6.64. The van der Waals surface area contributed by atoms with Crippen molar-refractivity contribution in [3.05, 3.63) is 30.1 Å². The molecule has 1 aromatic rings. The molecule has 0 aromatic heterocycles. The van der Waals surface area contributed by atoms with Gasteiger partial charge in [0.05, 0.1) is 6.54 Å². The molecule has 1 fully saturated rings. The van der Waals surface area contributed by atoms with Crippen molar-refractivity contribution in [2.75, 3.05) is 44.2 Å². The summed E-state index contributed by atoms with van der Waals surface area (Å²) in [7, 11) is 0. The second-order valence-corrected chi connectivity index (χ2v) is 6.64. The molecule has 0 aliphatic carbocycles. The van der Waals surface area contributed by atoms with E-state index in [1.165, 1.54) is 19.1 Å². The minimum Gasteiger partial charge on any atom is -0.368 e. The zero-order valence-corrected chi connectivity index (χ0v) is 14.7. The fraction of sp³-hybridized carbons (Fsp3) is 0.556. The van der Waals surface area contributed by atoms with Crippen LogP contribution in [0.25, 0.3) is 0 Å². The predicted octanol–water partition coefficient (Wildman–Crippen LogP) is 1.98. The van der Waals surface area contributed by atoms with Gasteiger partial charge in [0.15, 0.2) is 0 Å². The molecule has 0 radical (unpaired) electrons. The summed E-state index contributed by atoms with van der Waals surface area (Å²) in [5, 5.41) is 0. The van der Waals surface area contributed by atoms with Gasteiger partial charge < -0.3 is 14.7 Å². The summed E-state index contributed by atoms with van der Waals surface area (Å²) in [6, 6.07) is 6.41. The van der Waals surface area contributed by atoms with Crippen LogP contribution in [0.2, 0.25) is 0 Å². The summed E-state index contributed by atoms with van der Waals surface area (Å²) in [5.41, 5.74) is 0.966. The highest BCUT2D eigenvalue weighted by Crippen LogP contribution is 2.17. The molecular weight excluding hydrogens is 309 g/mol. The van der Waals surface area contributed by atoms with Crippen molar-refractivity contribution in [2.45, 2.75) is 20.8 Å². The van der Waals surface area contributed by atoms with Crippen LogP contribution in [0.1, 0.15) is 20.8 Å². The van der Waals surface area contributed by atoms with E-state index in [0.29, 0.717) is 38.6 Å². The minimum atomic E-state index is -0.248. The van der Waals surface area contributed by atoms with Crippen LogP contribution in [0.5, 0.6) is 0 Å². The van der Waals surface area contributed by atoms with Crippen LogP contribution in [-0.4, -0.2) is 60.9 Å². The van der Waals surface area contributed by atoms with Crippen LogP contribution in [0.15, 0.2) is 24.3 Å². The van der Waals surface area contributed by atoms with E-state index in [1.54, 1.807) is 21.9 Å². The molecule has 132 valence electrons. The third-order valence-corrected chi connectivity index (χ3v) is 4.18. The zero-order chi connectivity index (χ0) is 17.7. The molecule has 5 nitrogen and oxygen atoms in total. The molecule has 1 aromatic carbocycles. The van der Waals surface area contributed by atoms with Gasteiger partial charge in [-0.25, -0.2) is 4.39 Å². The summed E-state index contributed by atoms with van der Waals surface area (Å²) in [6.07, 6.45) is 0. The second kappa shape index (κ2) is 8.13. The number of nitrogens with zero attached hydrogens (tertiary/aromatic N) is 3. The highest BCUT2D eigenvalue weighted by molar-refractivity contribution is 5.84. The molecule has 2 rings (SSSR count). The third kappa shape index (κ3) is 4.94. The molecule has 1 saturated heterocycles. The Kier molecular flexibility index (Phi) is 6.17. The molecule has 1 aliphatic heterocycles. The van der Waals surface area contributed by atoms with Gasteiger partial charge in [-0.15, -0.1) is 0 Å². The lowest BCUT2D eigenvalue weighted by molar-refractivity contribution is -0.140. The van der Waals surface area contributed by atoms with E-state index in [2.05, 4.69) is 4.90 Å². The number of hydrogen-bond donors (Lipinski definition) is 0. The van der Waals surface area contributed by atoms with Crippen LogP contribution in [0.3, 0.4) is 0 Å². The smallest absolute Gasteiger partial charge is 0.242 e. The van der Waals surface area contributed by atoms with Crippen molar-refractivity contribution < 1.29 is 14.0 Å². The predicted molar refractivity (Wildman–Crippen MR) is 92.3 cm³/mol. The van der Waals surface area contributed by atoms with Crippen molar-refractivity contribution >= 4 is 17.5 Å². The van der Waals surface area contributed by atoms with Gasteiger partial charge in [0.1, 0.15) is 5.82 Å². The molecule has 0 bridgehead atoms. The lowest BCUT2D eigenvalue weighted by Gasteiger charge is -2.37. The standard InChI is InChI=1S/C18H26FN3O2/c1-14(2)12-22(15(3)23)13-18(24)21-10-8-20(9-11-21)17-6-4-16(19)5-7-17/h4-7,14H,8-13H2,1-3H3. The van der Waals surface area contributed by atoms with Crippen molar-refractivity contribution in [1.29, 1.82) is 0 Å². The van der Waals surface area contributed by atoms with Crippen molar-refractivity contribution in [3.8, 4) is 0 Å². The number of rotatable bonds is 5. The van der Waals surface area contributed by atoms with E-state index in [4.69, 9.17) is 0 Å². The fourth-order valence-corrected chi connectivity index (χ4v) is 2.87. The van der Waals surface area contributed by atoms with E-state index >= 15 is 0 Å². The molecule has 0 N–H and O–H groups in total. The fourth-order valence-electron chi connectivity index (χ4n) is 2.87. The maximum Gasteiger partial charge on any atom is 0.242 e.